The maximum absolute atomic E-state index is 13.0. The molecule has 0 heterocycles. The van der Waals surface area contributed by atoms with Crippen LogP contribution in [-0.2, 0) is 19.6 Å². The van der Waals surface area contributed by atoms with Crippen molar-refractivity contribution in [1.29, 1.82) is 0 Å². The van der Waals surface area contributed by atoms with E-state index >= 15 is 0 Å². The summed E-state index contributed by atoms with van der Waals surface area (Å²) in [6.07, 6.45) is 9.13. The van der Waals surface area contributed by atoms with Gasteiger partial charge >= 0.3 is 6.09 Å². The van der Waals surface area contributed by atoms with Crippen molar-refractivity contribution in [2.45, 2.75) is 131 Å². The van der Waals surface area contributed by atoms with Crippen molar-refractivity contribution in [2.75, 3.05) is 12.4 Å². The first-order valence-corrected chi connectivity index (χ1v) is 19.7. The van der Waals surface area contributed by atoms with E-state index in [0.29, 0.717) is 54.8 Å². The predicted octanol–water partition coefficient (Wildman–Crippen LogP) is 6.09. The fraction of sp³-hybridized carbons (Fsp3) is 0.944. The van der Waals surface area contributed by atoms with Gasteiger partial charge in [-0.1, -0.05) is 48.0 Å². The molecule has 9 heteroatoms. The minimum absolute atomic E-state index is 0.00568. The average molecular weight is 650 g/mol. The molecule has 6 aliphatic rings. The van der Waals surface area contributed by atoms with Gasteiger partial charge in [0.2, 0.25) is 10.0 Å². The van der Waals surface area contributed by atoms with Gasteiger partial charge in [0.05, 0.1) is 30.0 Å². The molecule has 1 amide bonds. The smallest absolute Gasteiger partial charge is 0.420 e. The lowest BCUT2D eigenvalue weighted by Gasteiger charge is -2.64. The maximum Gasteiger partial charge on any atom is 0.420 e. The molecule has 6 aliphatic carbocycles. The highest BCUT2D eigenvalue weighted by Gasteiger charge is 2.66. The Morgan fingerprint density at radius 1 is 0.978 bits per heavy atom. The highest BCUT2D eigenvalue weighted by Crippen LogP contribution is 2.69. The molecule has 0 aromatic carbocycles. The van der Waals surface area contributed by atoms with Crippen LogP contribution >= 0.6 is 0 Å². The number of ether oxygens (including phenoxy) is 1. The van der Waals surface area contributed by atoms with Gasteiger partial charge < -0.3 is 14.9 Å². The number of ketones is 1. The molecule has 8 nitrogen and oxygen atoms in total. The third-order valence-electron chi connectivity index (χ3n) is 15.8. The molecule has 45 heavy (non-hydrogen) atoms. The summed E-state index contributed by atoms with van der Waals surface area (Å²) in [6.45, 7) is 13.5. The van der Waals surface area contributed by atoms with Crippen LogP contribution in [0.4, 0.5) is 4.79 Å². The number of amides is 1. The van der Waals surface area contributed by atoms with E-state index in [-0.39, 0.29) is 53.0 Å². The lowest BCUT2D eigenvalue weighted by Crippen LogP contribution is -2.62. The third-order valence-corrected chi connectivity index (χ3v) is 17.1. The minimum atomic E-state index is -4.03. The summed E-state index contributed by atoms with van der Waals surface area (Å²) >= 11 is 0. The Morgan fingerprint density at radius 3 is 2.31 bits per heavy atom. The summed E-state index contributed by atoms with van der Waals surface area (Å²) in [5.41, 5.74) is -1.03. The molecule has 0 spiro atoms. The summed E-state index contributed by atoms with van der Waals surface area (Å²) < 4.78 is 33.6. The highest BCUT2D eigenvalue weighted by molar-refractivity contribution is 7.90. The van der Waals surface area contributed by atoms with E-state index in [0.717, 1.165) is 57.8 Å². The Bertz CT molecular complexity index is 1280. The van der Waals surface area contributed by atoms with Gasteiger partial charge in [0, 0.05) is 6.42 Å². The van der Waals surface area contributed by atoms with Crippen LogP contribution in [0.2, 0.25) is 0 Å². The largest absolute Gasteiger partial charge is 0.449 e. The molecule has 0 aliphatic heterocycles. The van der Waals surface area contributed by atoms with Gasteiger partial charge in [-0.2, -0.15) is 0 Å². The van der Waals surface area contributed by atoms with Crippen molar-refractivity contribution in [3.8, 4) is 0 Å². The fourth-order valence-corrected chi connectivity index (χ4v) is 14.8. The normalized spacial score (nSPS) is 47.5. The molecule has 256 valence electrons. The molecule has 6 rings (SSSR count). The van der Waals surface area contributed by atoms with Crippen LogP contribution in [0, 0.1) is 69.0 Å². The van der Waals surface area contributed by atoms with Gasteiger partial charge in [-0.05, 0) is 128 Å². The number of Topliss-reactive ketones (excluding diaryl/α,β-unsaturated/α-hetero) is 1. The molecule has 6 saturated carbocycles. The van der Waals surface area contributed by atoms with E-state index in [1.54, 1.807) is 0 Å². The van der Waals surface area contributed by atoms with E-state index in [1.807, 2.05) is 13.8 Å². The molecule has 3 N–H and O–H groups in total. The zero-order chi connectivity index (χ0) is 32.7. The number of hydrogen-bond acceptors (Lipinski definition) is 7. The van der Waals surface area contributed by atoms with Gasteiger partial charge in [-0.25, -0.2) is 17.9 Å². The van der Waals surface area contributed by atoms with Gasteiger partial charge in [0.25, 0.3) is 0 Å². The zero-order valence-corrected chi connectivity index (χ0v) is 29.3. The van der Waals surface area contributed by atoms with Crippen molar-refractivity contribution in [2.24, 2.45) is 69.0 Å². The van der Waals surface area contributed by atoms with E-state index in [9.17, 15) is 28.2 Å². The third kappa shape index (κ3) is 5.14. The molecule has 0 unspecified atom stereocenters. The number of aliphatic hydroxyl groups is 2. The Hall–Kier alpha value is -1.19. The Morgan fingerprint density at radius 2 is 1.67 bits per heavy atom. The van der Waals surface area contributed by atoms with Crippen LogP contribution in [0.15, 0.2) is 0 Å². The molecule has 13 atom stereocenters. The second-order valence-electron chi connectivity index (χ2n) is 17.6. The zero-order valence-electron chi connectivity index (χ0n) is 28.5. The molecule has 6 fully saturated rings. The molecule has 0 aromatic rings. The quantitative estimate of drug-likeness (QED) is 0.290. The molecular weight excluding hydrogens is 590 g/mol. The van der Waals surface area contributed by atoms with Crippen LogP contribution in [-0.4, -0.2) is 55.1 Å². The van der Waals surface area contributed by atoms with E-state index < -0.39 is 26.9 Å². The van der Waals surface area contributed by atoms with E-state index in [4.69, 9.17) is 4.74 Å². The number of nitrogens with one attached hydrogen (secondary N) is 1. The molecule has 0 saturated heterocycles. The van der Waals surface area contributed by atoms with Crippen molar-refractivity contribution in [3.63, 3.8) is 0 Å². The van der Waals surface area contributed by atoms with E-state index in [2.05, 4.69) is 32.4 Å². The molecular formula is C36H59NO7S. The predicted molar refractivity (Wildman–Crippen MR) is 172 cm³/mol. The average Bonchev–Trinajstić information content (AvgIpc) is 3.49. The first-order chi connectivity index (χ1) is 21.0. The van der Waals surface area contributed by atoms with Crippen molar-refractivity contribution in [3.05, 3.63) is 0 Å². The first kappa shape index (κ1) is 33.7. The first-order valence-electron chi connectivity index (χ1n) is 18.1. The number of rotatable bonds is 8. The van der Waals surface area contributed by atoms with Crippen LogP contribution < -0.4 is 4.72 Å². The topological polar surface area (TPSA) is 130 Å². The van der Waals surface area contributed by atoms with Gasteiger partial charge in [0.15, 0.2) is 0 Å². The van der Waals surface area contributed by atoms with Crippen LogP contribution in [0.3, 0.4) is 0 Å². The summed E-state index contributed by atoms with van der Waals surface area (Å²) in [4.78, 5) is 25.5. The standard InChI is InChI=1S/C36H59NO7S/c1-7-24-28-19-23(38)11-14-35(28,6)27-12-15-34(5)25(8-9-26(34)30(27)31(24)40)21(2)13-17-44-32(41)37-45(42,43)20-36-16-10-22(18-29(36)39)33(36,3)4/h21-28,30-31,38,40H,7-20H2,1-6H3,(H,37,41)/t21-,22-,23-,24-,25-,26+,27+,28+,30+,31-,34-,35-,36-/m1/s1. The molecule has 0 aromatic heterocycles. The SMILES string of the molecule is CC[C@H]1[C@@H](O)[C@@H]2[C@H](CC[C@]3(C)[C@@H]([C@H](C)CCOC(=O)NS(=O)(=O)C[C@]45CC[C@H](CC4=O)C5(C)C)CC[C@@H]23)[C@@]2(C)CC[C@@H](O)C[C@@H]12. The minimum Gasteiger partial charge on any atom is -0.449 e. The Kier molecular flexibility index (Phi) is 8.58. The summed E-state index contributed by atoms with van der Waals surface area (Å²) in [5, 5.41) is 22.5. The number of carbonyl (C=O) groups excluding carboxylic acids is 2. The number of fused-ring (bicyclic) bond motifs is 7. The van der Waals surface area contributed by atoms with Gasteiger partial charge in [0.1, 0.15) is 5.78 Å². The lowest BCUT2D eigenvalue weighted by atomic mass is 9.41. The van der Waals surface area contributed by atoms with Gasteiger partial charge in [-0.15, -0.1) is 0 Å². The van der Waals surface area contributed by atoms with Crippen molar-refractivity contribution >= 4 is 21.9 Å². The van der Waals surface area contributed by atoms with Crippen LogP contribution in [0.5, 0.6) is 0 Å². The molecule has 0 radical (unpaired) electrons. The number of carbonyl (C=O) groups is 2. The second kappa shape index (κ2) is 11.5. The summed E-state index contributed by atoms with van der Waals surface area (Å²) in [5.74, 6) is 2.47. The maximum atomic E-state index is 13.0. The molecule has 2 bridgehead atoms. The van der Waals surface area contributed by atoms with Crippen LogP contribution in [0.1, 0.15) is 119 Å². The van der Waals surface area contributed by atoms with Crippen molar-refractivity contribution in [1.82, 2.24) is 4.72 Å². The second-order valence-corrected chi connectivity index (χ2v) is 19.3. The van der Waals surface area contributed by atoms with E-state index in [1.165, 1.54) is 0 Å². The summed E-state index contributed by atoms with van der Waals surface area (Å²) in [7, 11) is -4.03. The Balaban J connectivity index is 1.06. The number of hydrogen-bond donors (Lipinski definition) is 3. The van der Waals surface area contributed by atoms with Crippen molar-refractivity contribution < 1.29 is 33.0 Å². The Labute approximate surface area is 271 Å². The monoisotopic (exact) mass is 649 g/mol. The van der Waals surface area contributed by atoms with Crippen LogP contribution in [0.25, 0.3) is 0 Å². The lowest BCUT2D eigenvalue weighted by molar-refractivity contribution is -0.203. The number of sulfonamides is 1. The fourth-order valence-electron chi connectivity index (χ4n) is 13.1. The highest BCUT2D eigenvalue weighted by atomic mass is 32.2. The van der Waals surface area contributed by atoms with Gasteiger partial charge in [-0.3, -0.25) is 4.79 Å². The summed E-state index contributed by atoms with van der Waals surface area (Å²) in [6, 6.07) is 0. The number of aliphatic hydroxyl groups excluding tert-OH is 2.